The van der Waals surface area contributed by atoms with Gasteiger partial charge in [0.2, 0.25) is 0 Å². The summed E-state index contributed by atoms with van der Waals surface area (Å²) in [4.78, 5) is 0. The van der Waals surface area contributed by atoms with Crippen molar-refractivity contribution < 1.29 is 4.74 Å². The van der Waals surface area contributed by atoms with Crippen molar-refractivity contribution in [3.8, 4) is 43.8 Å². The van der Waals surface area contributed by atoms with E-state index in [2.05, 4.69) is 106 Å². The first-order chi connectivity index (χ1) is 18.9. The number of hydrogen-bond acceptors (Lipinski definition) is 4. The first-order valence-electron chi connectivity index (χ1n) is 13.8. The predicted octanol–water partition coefficient (Wildman–Crippen LogP) is 9.98. The molecule has 196 valence electrons. The van der Waals surface area contributed by atoms with Crippen LogP contribution < -0.4 is 4.74 Å². The van der Waals surface area contributed by atoms with Crippen LogP contribution in [0.4, 0.5) is 0 Å². The fourth-order valence-corrected chi connectivity index (χ4v) is 7.47. The molecule has 4 aromatic carbocycles. The SMILES string of the molecule is CCC1(CC)c2ccccc2Oc2ccc(-c3c(C)c(C)c(-c4nnc(-c5ccccc5)s4)c(C)c3C)cc21. The molecule has 3 nitrogen and oxygen atoms in total. The van der Waals surface area contributed by atoms with Gasteiger partial charge in [-0.2, -0.15) is 0 Å². The Labute approximate surface area is 235 Å². The van der Waals surface area contributed by atoms with Gasteiger partial charge >= 0.3 is 0 Å². The van der Waals surface area contributed by atoms with E-state index in [0.29, 0.717) is 0 Å². The zero-order valence-electron chi connectivity index (χ0n) is 23.6. The van der Waals surface area contributed by atoms with E-state index in [1.54, 1.807) is 11.3 Å². The maximum Gasteiger partial charge on any atom is 0.148 e. The Morgan fingerprint density at radius 3 is 1.90 bits per heavy atom. The number of aromatic nitrogens is 2. The van der Waals surface area contributed by atoms with Crippen molar-refractivity contribution in [3.05, 3.63) is 106 Å². The third-order valence-electron chi connectivity index (χ3n) is 8.90. The second kappa shape index (κ2) is 9.77. The molecule has 0 aliphatic carbocycles. The van der Waals surface area contributed by atoms with Gasteiger partial charge in [-0.05, 0) is 92.1 Å². The summed E-state index contributed by atoms with van der Waals surface area (Å²) in [6, 6.07) is 25.6. The molecule has 0 radical (unpaired) electrons. The second-order valence-electron chi connectivity index (χ2n) is 10.6. The monoisotopic (exact) mass is 530 g/mol. The minimum atomic E-state index is -0.0631. The zero-order valence-corrected chi connectivity index (χ0v) is 24.4. The summed E-state index contributed by atoms with van der Waals surface area (Å²) in [5.74, 6) is 1.96. The summed E-state index contributed by atoms with van der Waals surface area (Å²) in [5, 5.41) is 11.1. The Bertz CT molecular complexity index is 1670. The van der Waals surface area contributed by atoms with Gasteiger partial charge in [0.15, 0.2) is 0 Å². The molecule has 1 aliphatic heterocycles. The lowest BCUT2D eigenvalue weighted by atomic mass is 9.68. The highest BCUT2D eigenvalue weighted by Crippen LogP contribution is 2.53. The van der Waals surface area contributed by atoms with Crippen molar-refractivity contribution in [3.63, 3.8) is 0 Å². The molecular weight excluding hydrogens is 496 g/mol. The molecule has 0 saturated carbocycles. The Hall–Kier alpha value is -3.76. The fourth-order valence-electron chi connectivity index (χ4n) is 6.46. The summed E-state index contributed by atoms with van der Waals surface area (Å²) < 4.78 is 6.44. The molecule has 0 fully saturated rings. The lowest BCUT2D eigenvalue weighted by molar-refractivity contribution is 0.375. The van der Waals surface area contributed by atoms with Gasteiger partial charge in [-0.15, -0.1) is 10.2 Å². The normalized spacial score (nSPS) is 13.5. The van der Waals surface area contributed by atoms with Crippen LogP contribution in [0.5, 0.6) is 11.5 Å². The van der Waals surface area contributed by atoms with Gasteiger partial charge in [0.05, 0.1) is 0 Å². The first kappa shape index (κ1) is 25.5. The molecule has 0 N–H and O–H groups in total. The van der Waals surface area contributed by atoms with Crippen molar-refractivity contribution in [1.82, 2.24) is 10.2 Å². The number of rotatable bonds is 5. The molecule has 1 aliphatic rings. The van der Waals surface area contributed by atoms with Crippen molar-refractivity contribution in [1.29, 1.82) is 0 Å². The number of benzene rings is 4. The van der Waals surface area contributed by atoms with E-state index in [-0.39, 0.29) is 5.41 Å². The molecular formula is C35H34N2OS. The minimum Gasteiger partial charge on any atom is -0.457 e. The molecule has 0 atom stereocenters. The van der Waals surface area contributed by atoms with Crippen LogP contribution in [0.15, 0.2) is 72.8 Å². The van der Waals surface area contributed by atoms with Gasteiger partial charge in [0, 0.05) is 27.7 Å². The predicted molar refractivity (Wildman–Crippen MR) is 163 cm³/mol. The van der Waals surface area contributed by atoms with Crippen molar-refractivity contribution >= 4 is 11.3 Å². The van der Waals surface area contributed by atoms with Crippen LogP contribution in [0.1, 0.15) is 60.1 Å². The smallest absolute Gasteiger partial charge is 0.148 e. The lowest BCUT2D eigenvalue weighted by Crippen LogP contribution is -2.30. The van der Waals surface area contributed by atoms with Crippen molar-refractivity contribution in [2.45, 2.75) is 59.8 Å². The highest BCUT2D eigenvalue weighted by atomic mass is 32.1. The summed E-state index contributed by atoms with van der Waals surface area (Å²) in [6.07, 6.45) is 2.05. The van der Waals surface area contributed by atoms with Crippen LogP contribution in [-0.2, 0) is 5.41 Å². The molecule has 0 amide bonds. The van der Waals surface area contributed by atoms with Crippen LogP contribution in [0.25, 0.3) is 32.3 Å². The number of para-hydroxylation sites is 1. The highest BCUT2D eigenvalue weighted by Gasteiger charge is 2.39. The molecule has 2 heterocycles. The van der Waals surface area contributed by atoms with Gasteiger partial charge in [-0.3, -0.25) is 0 Å². The molecule has 5 aromatic rings. The van der Waals surface area contributed by atoms with Gasteiger partial charge in [-0.25, -0.2) is 0 Å². The van der Waals surface area contributed by atoms with Crippen LogP contribution in [0, 0.1) is 27.7 Å². The van der Waals surface area contributed by atoms with Crippen molar-refractivity contribution in [2.75, 3.05) is 0 Å². The van der Waals surface area contributed by atoms with Gasteiger partial charge in [0.25, 0.3) is 0 Å². The molecule has 6 rings (SSSR count). The quantitative estimate of drug-likeness (QED) is 0.227. The third-order valence-corrected chi connectivity index (χ3v) is 9.89. The number of fused-ring (bicyclic) bond motifs is 2. The van der Waals surface area contributed by atoms with Crippen LogP contribution in [0.2, 0.25) is 0 Å². The minimum absolute atomic E-state index is 0.0631. The van der Waals surface area contributed by atoms with E-state index in [1.807, 2.05) is 18.2 Å². The van der Waals surface area contributed by atoms with Gasteiger partial charge in [0.1, 0.15) is 21.5 Å². The summed E-state index contributed by atoms with van der Waals surface area (Å²) in [6.45, 7) is 13.5. The fraction of sp³-hybridized carbons (Fsp3) is 0.257. The Kier molecular flexibility index (Phi) is 6.39. The maximum atomic E-state index is 6.44. The molecule has 0 unspecified atom stereocenters. The largest absolute Gasteiger partial charge is 0.457 e. The summed E-state index contributed by atoms with van der Waals surface area (Å²) >= 11 is 1.67. The van der Waals surface area contributed by atoms with E-state index >= 15 is 0 Å². The standard InChI is InChI=1S/C35H34N2OS/c1-7-35(8-2)27-16-12-13-17-29(27)38-30-19-18-26(20-28(30)35)31-21(3)23(5)32(24(6)22(31)4)34-37-36-33(39-34)25-14-10-9-11-15-25/h9-20H,7-8H2,1-6H3. The number of hydrogen-bond donors (Lipinski definition) is 0. The van der Waals surface area contributed by atoms with E-state index in [0.717, 1.165) is 39.9 Å². The lowest BCUT2D eigenvalue weighted by Gasteiger charge is -2.39. The number of nitrogens with zero attached hydrogens (tertiary/aromatic N) is 2. The van der Waals surface area contributed by atoms with Gasteiger partial charge < -0.3 is 4.74 Å². The first-order valence-corrected chi connectivity index (χ1v) is 14.6. The van der Waals surface area contributed by atoms with E-state index in [9.17, 15) is 0 Å². The second-order valence-corrected chi connectivity index (χ2v) is 11.6. The zero-order chi connectivity index (χ0) is 27.3. The van der Waals surface area contributed by atoms with E-state index in [4.69, 9.17) is 4.74 Å². The van der Waals surface area contributed by atoms with E-state index < -0.39 is 0 Å². The van der Waals surface area contributed by atoms with Crippen LogP contribution >= 0.6 is 11.3 Å². The highest BCUT2D eigenvalue weighted by molar-refractivity contribution is 7.18. The molecule has 39 heavy (non-hydrogen) atoms. The molecule has 0 bridgehead atoms. The maximum absolute atomic E-state index is 6.44. The van der Waals surface area contributed by atoms with Crippen LogP contribution in [0.3, 0.4) is 0 Å². The summed E-state index contributed by atoms with van der Waals surface area (Å²) in [7, 11) is 0. The molecule has 0 saturated heterocycles. The molecule has 4 heteroatoms. The summed E-state index contributed by atoms with van der Waals surface area (Å²) in [5.41, 5.74) is 12.5. The Morgan fingerprint density at radius 2 is 1.21 bits per heavy atom. The van der Waals surface area contributed by atoms with E-state index in [1.165, 1.54) is 50.1 Å². The third kappa shape index (κ3) is 3.92. The van der Waals surface area contributed by atoms with Crippen LogP contribution in [-0.4, -0.2) is 10.2 Å². The number of ether oxygens (including phenoxy) is 1. The average Bonchev–Trinajstić information content (AvgIpc) is 3.45. The van der Waals surface area contributed by atoms with Gasteiger partial charge in [-0.1, -0.05) is 79.8 Å². The van der Waals surface area contributed by atoms with Crippen molar-refractivity contribution in [2.24, 2.45) is 0 Å². The Balaban J connectivity index is 1.49. The Morgan fingerprint density at radius 1 is 0.615 bits per heavy atom. The molecule has 1 aromatic heterocycles. The molecule has 0 spiro atoms. The topological polar surface area (TPSA) is 35.0 Å². The average molecular weight is 531 g/mol.